The number of rotatable bonds is 6. The first-order valence-corrected chi connectivity index (χ1v) is 8.85. The predicted molar refractivity (Wildman–Crippen MR) is 102 cm³/mol. The second-order valence-electron chi connectivity index (χ2n) is 6.51. The molecular formula is C21H20N2O5. The van der Waals surface area contributed by atoms with Gasteiger partial charge in [0, 0.05) is 12.2 Å². The number of carbonyl (C=O) groups is 4. The molecule has 7 nitrogen and oxygen atoms in total. The van der Waals surface area contributed by atoms with E-state index in [1.165, 1.54) is 0 Å². The summed E-state index contributed by atoms with van der Waals surface area (Å²) in [6.45, 7) is 3.29. The molecule has 1 N–H and O–H groups in total. The van der Waals surface area contributed by atoms with Gasteiger partial charge in [0.2, 0.25) is 0 Å². The molecule has 0 saturated heterocycles. The normalized spacial score (nSPS) is 12.7. The zero-order valence-corrected chi connectivity index (χ0v) is 15.7. The lowest BCUT2D eigenvalue weighted by Crippen LogP contribution is -2.32. The lowest BCUT2D eigenvalue weighted by Gasteiger charge is -2.13. The molecule has 0 unspecified atom stereocenters. The molecule has 1 aliphatic heterocycles. The molecule has 0 atom stereocenters. The van der Waals surface area contributed by atoms with E-state index in [1.54, 1.807) is 30.3 Å². The number of imide groups is 1. The largest absolute Gasteiger partial charge is 0.456 e. The summed E-state index contributed by atoms with van der Waals surface area (Å²) in [6, 6.07) is 12.0. The predicted octanol–water partition coefficient (Wildman–Crippen LogP) is 2.47. The Labute approximate surface area is 162 Å². The number of fused-ring (bicyclic) bond motifs is 1. The summed E-state index contributed by atoms with van der Waals surface area (Å²) in [4.78, 5) is 49.4. The Morgan fingerprint density at radius 2 is 1.61 bits per heavy atom. The molecule has 2 aromatic carbocycles. The van der Waals surface area contributed by atoms with E-state index in [0.29, 0.717) is 16.8 Å². The number of anilines is 1. The van der Waals surface area contributed by atoms with Gasteiger partial charge in [-0.2, -0.15) is 0 Å². The molecule has 1 aliphatic rings. The van der Waals surface area contributed by atoms with Crippen LogP contribution >= 0.6 is 0 Å². The average molecular weight is 380 g/mol. The van der Waals surface area contributed by atoms with E-state index >= 15 is 0 Å². The van der Waals surface area contributed by atoms with Crippen LogP contribution in [0.5, 0.6) is 0 Å². The van der Waals surface area contributed by atoms with Crippen LogP contribution in [0.1, 0.15) is 38.3 Å². The maximum absolute atomic E-state index is 12.2. The Hall–Kier alpha value is -3.48. The molecule has 0 spiro atoms. The lowest BCUT2D eigenvalue weighted by molar-refractivity contribution is -0.147. The fourth-order valence-electron chi connectivity index (χ4n) is 2.94. The van der Waals surface area contributed by atoms with Crippen LogP contribution in [0.25, 0.3) is 0 Å². The third-order valence-electron chi connectivity index (χ3n) is 4.66. The molecule has 3 amide bonds. The SMILES string of the molecule is Cc1cccc(NC(=O)COC(=O)CCN2C(=O)c3ccccc3C2=O)c1C. The number of benzene rings is 2. The van der Waals surface area contributed by atoms with Gasteiger partial charge in [-0.3, -0.25) is 24.1 Å². The Morgan fingerprint density at radius 1 is 0.964 bits per heavy atom. The van der Waals surface area contributed by atoms with Gasteiger partial charge in [0.15, 0.2) is 6.61 Å². The smallest absolute Gasteiger partial charge is 0.308 e. The molecule has 0 aliphatic carbocycles. The van der Waals surface area contributed by atoms with E-state index in [1.807, 2.05) is 26.0 Å². The van der Waals surface area contributed by atoms with Gasteiger partial charge in [-0.25, -0.2) is 0 Å². The van der Waals surface area contributed by atoms with E-state index < -0.39 is 30.3 Å². The van der Waals surface area contributed by atoms with Gasteiger partial charge in [-0.05, 0) is 43.2 Å². The maximum atomic E-state index is 12.2. The number of esters is 1. The van der Waals surface area contributed by atoms with E-state index in [0.717, 1.165) is 16.0 Å². The molecule has 0 saturated carbocycles. The van der Waals surface area contributed by atoms with Gasteiger partial charge >= 0.3 is 5.97 Å². The van der Waals surface area contributed by atoms with Gasteiger partial charge in [0.25, 0.3) is 17.7 Å². The van der Waals surface area contributed by atoms with Crippen molar-refractivity contribution in [2.75, 3.05) is 18.5 Å². The summed E-state index contributed by atoms with van der Waals surface area (Å²) in [5.74, 6) is -1.97. The van der Waals surface area contributed by atoms with E-state index in [2.05, 4.69) is 5.32 Å². The first kappa shape index (κ1) is 19.3. The van der Waals surface area contributed by atoms with Crippen LogP contribution < -0.4 is 5.32 Å². The first-order valence-electron chi connectivity index (χ1n) is 8.85. The van der Waals surface area contributed by atoms with Crippen LogP contribution in [0.4, 0.5) is 5.69 Å². The first-order chi connectivity index (χ1) is 13.4. The number of aryl methyl sites for hydroxylation is 1. The van der Waals surface area contributed by atoms with Crippen molar-refractivity contribution in [1.82, 2.24) is 4.90 Å². The number of hydrogen-bond acceptors (Lipinski definition) is 5. The third-order valence-corrected chi connectivity index (χ3v) is 4.66. The van der Waals surface area contributed by atoms with Gasteiger partial charge in [-0.15, -0.1) is 0 Å². The lowest BCUT2D eigenvalue weighted by atomic mass is 10.1. The molecule has 7 heteroatoms. The molecule has 28 heavy (non-hydrogen) atoms. The van der Waals surface area contributed by atoms with E-state index in [-0.39, 0.29) is 13.0 Å². The van der Waals surface area contributed by atoms with Gasteiger partial charge in [0.05, 0.1) is 17.5 Å². The minimum atomic E-state index is -0.660. The van der Waals surface area contributed by atoms with Gasteiger partial charge in [0.1, 0.15) is 0 Å². The number of nitrogens with one attached hydrogen (secondary N) is 1. The van der Waals surface area contributed by atoms with Crippen molar-refractivity contribution < 1.29 is 23.9 Å². The minimum absolute atomic E-state index is 0.0935. The van der Waals surface area contributed by atoms with Crippen molar-refractivity contribution >= 4 is 29.4 Å². The topological polar surface area (TPSA) is 92.8 Å². The Morgan fingerprint density at radius 3 is 2.25 bits per heavy atom. The second kappa shape index (κ2) is 8.04. The van der Waals surface area contributed by atoms with Crippen LogP contribution in [-0.2, 0) is 14.3 Å². The Kier molecular flexibility index (Phi) is 5.54. The fraction of sp³-hybridized carbons (Fsp3) is 0.238. The summed E-state index contributed by atoms with van der Waals surface area (Å²) in [6.07, 6.45) is -0.178. The van der Waals surface area contributed by atoms with E-state index in [9.17, 15) is 19.2 Å². The molecule has 0 bridgehead atoms. The van der Waals surface area contributed by atoms with Crippen molar-refractivity contribution in [1.29, 1.82) is 0 Å². The van der Waals surface area contributed by atoms with Gasteiger partial charge < -0.3 is 10.1 Å². The molecule has 0 fully saturated rings. The van der Waals surface area contributed by atoms with Crippen LogP contribution in [0.3, 0.4) is 0 Å². The van der Waals surface area contributed by atoms with Crippen molar-refractivity contribution in [3.63, 3.8) is 0 Å². The molecule has 0 aromatic heterocycles. The fourth-order valence-corrected chi connectivity index (χ4v) is 2.94. The van der Waals surface area contributed by atoms with Crippen LogP contribution in [0.15, 0.2) is 42.5 Å². The standard InChI is InChI=1S/C21H20N2O5/c1-13-6-5-9-17(14(13)2)22-18(24)12-28-19(25)10-11-23-20(26)15-7-3-4-8-16(15)21(23)27/h3-9H,10-12H2,1-2H3,(H,22,24). The number of carbonyl (C=O) groups excluding carboxylic acids is 4. The van der Waals surface area contributed by atoms with Crippen molar-refractivity contribution in [3.05, 3.63) is 64.7 Å². The highest BCUT2D eigenvalue weighted by molar-refractivity contribution is 6.21. The quantitative estimate of drug-likeness (QED) is 0.614. The van der Waals surface area contributed by atoms with Crippen molar-refractivity contribution in [3.8, 4) is 0 Å². The third kappa shape index (κ3) is 3.93. The number of hydrogen-bond donors (Lipinski definition) is 1. The zero-order valence-electron chi connectivity index (χ0n) is 15.7. The molecule has 144 valence electrons. The Balaban J connectivity index is 1.48. The van der Waals surface area contributed by atoms with Gasteiger partial charge in [-0.1, -0.05) is 24.3 Å². The number of ether oxygens (including phenoxy) is 1. The highest BCUT2D eigenvalue weighted by Crippen LogP contribution is 2.22. The average Bonchev–Trinajstić information content (AvgIpc) is 2.93. The summed E-state index contributed by atoms with van der Waals surface area (Å²) in [5.41, 5.74) is 3.29. The highest BCUT2D eigenvalue weighted by Gasteiger charge is 2.35. The molecule has 0 radical (unpaired) electrons. The summed E-state index contributed by atoms with van der Waals surface area (Å²) >= 11 is 0. The second-order valence-corrected chi connectivity index (χ2v) is 6.51. The van der Waals surface area contributed by atoms with Crippen LogP contribution in [-0.4, -0.2) is 41.7 Å². The van der Waals surface area contributed by atoms with Crippen LogP contribution in [0, 0.1) is 13.8 Å². The van der Waals surface area contributed by atoms with E-state index in [4.69, 9.17) is 4.74 Å². The monoisotopic (exact) mass is 380 g/mol. The minimum Gasteiger partial charge on any atom is -0.456 e. The summed E-state index contributed by atoms with van der Waals surface area (Å²) in [7, 11) is 0. The Bertz CT molecular complexity index is 932. The number of nitrogens with zero attached hydrogens (tertiary/aromatic N) is 1. The molecule has 3 rings (SSSR count). The molecule has 1 heterocycles. The van der Waals surface area contributed by atoms with Crippen molar-refractivity contribution in [2.24, 2.45) is 0 Å². The van der Waals surface area contributed by atoms with Crippen molar-refractivity contribution in [2.45, 2.75) is 20.3 Å². The summed E-state index contributed by atoms with van der Waals surface area (Å²) in [5, 5.41) is 2.69. The summed E-state index contributed by atoms with van der Waals surface area (Å²) < 4.78 is 4.95. The maximum Gasteiger partial charge on any atom is 0.308 e. The number of amides is 3. The molecule has 2 aromatic rings. The van der Waals surface area contributed by atoms with Crippen LogP contribution in [0.2, 0.25) is 0 Å². The highest BCUT2D eigenvalue weighted by atomic mass is 16.5. The molecular weight excluding hydrogens is 360 g/mol. The zero-order chi connectivity index (χ0) is 20.3.